The standard InChI is InChI=1S/C16H25N3O2/c1-13-17-7-9-19(13)14-4-3-8-18(12-14)15(20)16(2)5-10-21-11-6-16/h7,9,14H,3-6,8,10-12H2,1-2H3. The van der Waals surface area contributed by atoms with E-state index in [9.17, 15) is 4.79 Å². The van der Waals surface area contributed by atoms with Crippen molar-refractivity contribution in [3.05, 3.63) is 18.2 Å². The van der Waals surface area contributed by atoms with E-state index >= 15 is 0 Å². The fourth-order valence-electron chi connectivity index (χ4n) is 3.56. The van der Waals surface area contributed by atoms with Gasteiger partial charge in [-0.3, -0.25) is 4.79 Å². The smallest absolute Gasteiger partial charge is 0.228 e. The highest BCUT2D eigenvalue weighted by molar-refractivity contribution is 5.82. The van der Waals surface area contributed by atoms with Crippen LogP contribution in [-0.4, -0.2) is 46.7 Å². The Bertz CT molecular complexity index is 505. The normalized spacial score (nSPS) is 25.8. The van der Waals surface area contributed by atoms with Crippen molar-refractivity contribution in [1.82, 2.24) is 14.5 Å². The predicted molar refractivity (Wildman–Crippen MR) is 80.0 cm³/mol. The molecule has 2 aliphatic rings. The molecule has 1 aromatic rings. The van der Waals surface area contributed by atoms with Crippen molar-refractivity contribution in [2.75, 3.05) is 26.3 Å². The van der Waals surface area contributed by atoms with Gasteiger partial charge in [0, 0.05) is 38.7 Å². The average Bonchev–Trinajstić information content (AvgIpc) is 2.93. The van der Waals surface area contributed by atoms with Gasteiger partial charge >= 0.3 is 0 Å². The third-order valence-electron chi connectivity index (χ3n) is 5.05. The molecule has 5 heteroatoms. The van der Waals surface area contributed by atoms with Gasteiger partial charge in [-0.05, 0) is 32.6 Å². The second kappa shape index (κ2) is 5.79. The molecule has 1 unspecified atom stereocenters. The molecule has 0 bridgehead atoms. The van der Waals surface area contributed by atoms with Crippen molar-refractivity contribution in [2.24, 2.45) is 5.41 Å². The van der Waals surface area contributed by atoms with E-state index < -0.39 is 0 Å². The van der Waals surface area contributed by atoms with Crippen molar-refractivity contribution in [3.63, 3.8) is 0 Å². The zero-order valence-corrected chi connectivity index (χ0v) is 13.0. The van der Waals surface area contributed by atoms with Crippen molar-refractivity contribution >= 4 is 5.91 Å². The first kappa shape index (κ1) is 14.6. The number of carbonyl (C=O) groups is 1. The van der Waals surface area contributed by atoms with Crippen LogP contribution in [0, 0.1) is 12.3 Å². The molecule has 2 aliphatic heterocycles. The van der Waals surface area contributed by atoms with Crippen molar-refractivity contribution in [3.8, 4) is 0 Å². The van der Waals surface area contributed by atoms with E-state index in [1.165, 1.54) is 0 Å². The lowest BCUT2D eigenvalue weighted by atomic mass is 9.80. The molecule has 0 N–H and O–H groups in total. The van der Waals surface area contributed by atoms with Crippen LogP contribution in [0.2, 0.25) is 0 Å². The van der Waals surface area contributed by atoms with Crippen LogP contribution >= 0.6 is 0 Å². The number of ether oxygens (including phenoxy) is 1. The second-order valence-electron chi connectivity index (χ2n) is 6.60. The summed E-state index contributed by atoms with van der Waals surface area (Å²) >= 11 is 0. The van der Waals surface area contributed by atoms with Gasteiger partial charge in [0.15, 0.2) is 0 Å². The van der Waals surface area contributed by atoms with Gasteiger partial charge in [0.2, 0.25) is 5.91 Å². The molecule has 5 nitrogen and oxygen atoms in total. The molecule has 0 aliphatic carbocycles. The largest absolute Gasteiger partial charge is 0.381 e. The number of nitrogens with zero attached hydrogens (tertiary/aromatic N) is 3. The molecule has 1 atom stereocenters. The Morgan fingerprint density at radius 2 is 2.19 bits per heavy atom. The quantitative estimate of drug-likeness (QED) is 0.839. The SMILES string of the molecule is Cc1nccn1C1CCCN(C(=O)C2(C)CCOCC2)C1. The van der Waals surface area contributed by atoms with Crippen LogP contribution in [0.15, 0.2) is 12.4 Å². The molecule has 116 valence electrons. The summed E-state index contributed by atoms with van der Waals surface area (Å²) in [6, 6.07) is 0.369. The summed E-state index contributed by atoms with van der Waals surface area (Å²) in [5.41, 5.74) is -0.232. The zero-order chi connectivity index (χ0) is 14.9. The monoisotopic (exact) mass is 291 g/mol. The summed E-state index contributed by atoms with van der Waals surface area (Å²) in [7, 11) is 0. The number of aromatic nitrogens is 2. The van der Waals surface area contributed by atoms with Gasteiger partial charge in [-0.25, -0.2) is 4.98 Å². The molecule has 0 aromatic carbocycles. The van der Waals surface area contributed by atoms with E-state index in [1.807, 2.05) is 19.3 Å². The highest BCUT2D eigenvalue weighted by Gasteiger charge is 2.39. The topological polar surface area (TPSA) is 47.4 Å². The highest BCUT2D eigenvalue weighted by Crippen LogP contribution is 2.34. The maximum atomic E-state index is 12.9. The Hall–Kier alpha value is -1.36. The third kappa shape index (κ3) is 2.84. The number of carbonyl (C=O) groups excluding carboxylic acids is 1. The van der Waals surface area contributed by atoms with Gasteiger partial charge in [-0.2, -0.15) is 0 Å². The molecule has 3 rings (SSSR count). The fraction of sp³-hybridized carbons (Fsp3) is 0.750. The van der Waals surface area contributed by atoms with Crippen LogP contribution in [-0.2, 0) is 9.53 Å². The van der Waals surface area contributed by atoms with E-state index in [-0.39, 0.29) is 5.41 Å². The van der Waals surface area contributed by atoms with Crippen LogP contribution in [0.1, 0.15) is 44.5 Å². The number of likely N-dealkylation sites (tertiary alicyclic amines) is 1. The molecule has 2 fully saturated rings. The summed E-state index contributed by atoms with van der Waals surface area (Å²) in [4.78, 5) is 19.3. The number of amides is 1. The van der Waals surface area contributed by atoms with Crippen LogP contribution in [0.5, 0.6) is 0 Å². The molecule has 0 radical (unpaired) electrons. The predicted octanol–water partition coefficient (Wildman–Crippen LogP) is 2.17. The Kier molecular flexibility index (Phi) is 4.02. The van der Waals surface area contributed by atoms with Crippen LogP contribution < -0.4 is 0 Å². The Labute approximate surface area is 126 Å². The number of imidazole rings is 1. The highest BCUT2D eigenvalue weighted by atomic mass is 16.5. The Morgan fingerprint density at radius 3 is 2.86 bits per heavy atom. The first-order valence-corrected chi connectivity index (χ1v) is 7.97. The molecule has 0 saturated carbocycles. The van der Waals surface area contributed by atoms with Crippen molar-refractivity contribution < 1.29 is 9.53 Å². The van der Waals surface area contributed by atoms with Crippen molar-refractivity contribution in [2.45, 2.75) is 45.6 Å². The van der Waals surface area contributed by atoms with E-state index in [1.54, 1.807) is 0 Å². The average molecular weight is 291 g/mol. The van der Waals surface area contributed by atoms with Gasteiger partial charge in [0.1, 0.15) is 5.82 Å². The van der Waals surface area contributed by atoms with E-state index in [0.717, 1.165) is 44.6 Å². The summed E-state index contributed by atoms with van der Waals surface area (Å²) in [6.07, 6.45) is 7.76. The number of rotatable bonds is 2. The molecule has 3 heterocycles. The second-order valence-corrected chi connectivity index (χ2v) is 6.60. The lowest BCUT2D eigenvalue weighted by Gasteiger charge is -2.41. The summed E-state index contributed by atoms with van der Waals surface area (Å²) in [5, 5.41) is 0. The van der Waals surface area contributed by atoms with Crippen LogP contribution in [0.3, 0.4) is 0 Å². The molecule has 21 heavy (non-hydrogen) atoms. The van der Waals surface area contributed by atoms with Crippen LogP contribution in [0.4, 0.5) is 0 Å². The third-order valence-corrected chi connectivity index (χ3v) is 5.05. The minimum Gasteiger partial charge on any atom is -0.381 e. The zero-order valence-electron chi connectivity index (χ0n) is 13.0. The molecule has 2 saturated heterocycles. The fourth-order valence-corrected chi connectivity index (χ4v) is 3.56. The van der Waals surface area contributed by atoms with Gasteiger partial charge in [-0.15, -0.1) is 0 Å². The van der Waals surface area contributed by atoms with Gasteiger partial charge in [-0.1, -0.05) is 6.92 Å². The van der Waals surface area contributed by atoms with E-state index in [2.05, 4.69) is 21.4 Å². The van der Waals surface area contributed by atoms with Gasteiger partial charge < -0.3 is 14.2 Å². The molecule has 0 spiro atoms. The lowest BCUT2D eigenvalue weighted by Crippen LogP contribution is -2.49. The van der Waals surface area contributed by atoms with Gasteiger partial charge in [0.05, 0.1) is 11.5 Å². The summed E-state index contributed by atoms with van der Waals surface area (Å²) in [5.74, 6) is 1.35. The maximum absolute atomic E-state index is 12.9. The summed E-state index contributed by atoms with van der Waals surface area (Å²) < 4.78 is 7.63. The first-order chi connectivity index (χ1) is 10.1. The number of aryl methyl sites for hydroxylation is 1. The first-order valence-electron chi connectivity index (χ1n) is 7.97. The Balaban J connectivity index is 1.71. The molecule has 1 amide bonds. The van der Waals surface area contributed by atoms with Gasteiger partial charge in [0.25, 0.3) is 0 Å². The Morgan fingerprint density at radius 1 is 1.43 bits per heavy atom. The minimum absolute atomic E-state index is 0.232. The van der Waals surface area contributed by atoms with E-state index in [0.29, 0.717) is 25.2 Å². The van der Waals surface area contributed by atoms with Crippen LogP contribution in [0.25, 0.3) is 0 Å². The molecular weight excluding hydrogens is 266 g/mol. The minimum atomic E-state index is -0.232. The number of hydrogen-bond donors (Lipinski definition) is 0. The summed E-state index contributed by atoms with van der Waals surface area (Å²) in [6.45, 7) is 7.25. The number of hydrogen-bond acceptors (Lipinski definition) is 3. The van der Waals surface area contributed by atoms with Crippen molar-refractivity contribution in [1.29, 1.82) is 0 Å². The lowest BCUT2D eigenvalue weighted by molar-refractivity contribution is -0.148. The molecular formula is C16H25N3O2. The number of piperidine rings is 1. The maximum Gasteiger partial charge on any atom is 0.228 e. The van der Waals surface area contributed by atoms with E-state index in [4.69, 9.17) is 4.74 Å². The molecule has 1 aromatic heterocycles.